The third-order valence-electron chi connectivity index (χ3n) is 5.21. The van der Waals surface area contributed by atoms with Crippen LogP contribution in [0.4, 0.5) is 0 Å². The summed E-state index contributed by atoms with van der Waals surface area (Å²) in [7, 11) is 0. The molecule has 1 fully saturated rings. The van der Waals surface area contributed by atoms with E-state index < -0.39 is 0 Å². The summed E-state index contributed by atoms with van der Waals surface area (Å²) in [5, 5.41) is 3.92. The van der Waals surface area contributed by atoms with E-state index in [0.717, 1.165) is 41.9 Å². The Morgan fingerprint density at radius 2 is 2.33 bits per heavy atom. The number of carbonyl (C=O) groups is 1. The number of hydrogen-bond donors (Lipinski definition) is 1. The van der Waals surface area contributed by atoms with Crippen LogP contribution in [0.2, 0.25) is 0 Å². The Bertz CT molecular complexity index is 1170. The quantitative estimate of drug-likeness (QED) is 0.505. The topological polar surface area (TPSA) is 93.4 Å². The molecule has 4 aromatic heterocycles. The maximum Gasteiger partial charge on any atom is 0.281 e. The number of hydrogen-bond acceptors (Lipinski definition) is 8. The summed E-state index contributed by atoms with van der Waals surface area (Å²) >= 11 is 1.44. The summed E-state index contributed by atoms with van der Waals surface area (Å²) < 4.78 is 12.8. The van der Waals surface area contributed by atoms with Crippen LogP contribution in [0.3, 0.4) is 0 Å². The Hall–Kier alpha value is -3.04. The summed E-state index contributed by atoms with van der Waals surface area (Å²) in [6, 6.07) is 7.83. The van der Waals surface area contributed by atoms with E-state index in [1.165, 1.54) is 11.3 Å². The highest BCUT2D eigenvalue weighted by Gasteiger charge is 2.25. The minimum absolute atomic E-state index is 0.142. The predicted octanol–water partition coefficient (Wildman–Crippen LogP) is 3.73. The molecule has 1 amide bonds. The van der Waals surface area contributed by atoms with Crippen LogP contribution in [0, 0.1) is 0 Å². The fourth-order valence-corrected chi connectivity index (χ4v) is 4.61. The standard InChI is InChI=1S/C21H21N5O3S/c1-13(27)26-7-3-4-14(26)10-22-11-15-8-17-18(28-15)9-16(12-24-17)29-21-25-20-19(30-21)5-2-6-23-20/h2,5-6,8-9,12,14,22H,3-4,7,10-11H2,1H3. The number of pyridine rings is 2. The van der Waals surface area contributed by atoms with E-state index in [2.05, 4.69) is 20.3 Å². The number of rotatable bonds is 6. The minimum atomic E-state index is 0.142. The zero-order valence-corrected chi connectivity index (χ0v) is 17.3. The van der Waals surface area contributed by atoms with Crippen molar-refractivity contribution in [2.75, 3.05) is 13.1 Å². The van der Waals surface area contributed by atoms with E-state index in [9.17, 15) is 4.79 Å². The molecule has 1 aliphatic rings. The van der Waals surface area contributed by atoms with Crippen LogP contribution >= 0.6 is 11.3 Å². The van der Waals surface area contributed by atoms with Crippen LogP contribution in [0.5, 0.6) is 10.9 Å². The fourth-order valence-electron chi connectivity index (χ4n) is 3.81. The number of furan rings is 1. The highest BCUT2D eigenvalue weighted by molar-refractivity contribution is 7.20. The SMILES string of the molecule is CC(=O)N1CCCC1CNCc1cc2ncc(Oc3nc4ncccc4s3)cc2o1. The molecule has 8 nitrogen and oxygen atoms in total. The molecule has 0 aliphatic carbocycles. The highest BCUT2D eigenvalue weighted by atomic mass is 32.1. The van der Waals surface area contributed by atoms with Crippen molar-refractivity contribution in [1.29, 1.82) is 0 Å². The van der Waals surface area contributed by atoms with Crippen molar-refractivity contribution < 1.29 is 13.9 Å². The number of amides is 1. The third-order valence-corrected chi connectivity index (χ3v) is 6.09. The van der Waals surface area contributed by atoms with Gasteiger partial charge >= 0.3 is 0 Å². The van der Waals surface area contributed by atoms with Crippen LogP contribution in [-0.4, -0.2) is 44.9 Å². The number of likely N-dealkylation sites (tertiary alicyclic amines) is 1. The van der Waals surface area contributed by atoms with Crippen LogP contribution in [-0.2, 0) is 11.3 Å². The molecule has 1 N–H and O–H groups in total. The van der Waals surface area contributed by atoms with E-state index in [-0.39, 0.29) is 11.9 Å². The van der Waals surface area contributed by atoms with Gasteiger partial charge in [-0.25, -0.2) is 9.97 Å². The van der Waals surface area contributed by atoms with Gasteiger partial charge in [0.05, 0.1) is 17.4 Å². The van der Waals surface area contributed by atoms with Gasteiger partial charge in [0.1, 0.15) is 11.3 Å². The molecule has 0 spiro atoms. The molecule has 1 aliphatic heterocycles. The van der Waals surface area contributed by atoms with Crippen molar-refractivity contribution in [2.24, 2.45) is 0 Å². The Labute approximate surface area is 176 Å². The molecule has 5 rings (SSSR count). The van der Waals surface area contributed by atoms with Crippen LogP contribution in [0.15, 0.2) is 41.1 Å². The highest BCUT2D eigenvalue weighted by Crippen LogP contribution is 2.31. The summed E-state index contributed by atoms with van der Waals surface area (Å²) in [6.07, 6.45) is 5.48. The van der Waals surface area contributed by atoms with Gasteiger partial charge in [-0.2, -0.15) is 4.98 Å². The fraction of sp³-hybridized carbons (Fsp3) is 0.333. The molecule has 1 saturated heterocycles. The first-order chi connectivity index (χ1) is 14.7. The Kier molecular flexibility index (Phi) is 5.06. The number of nitrogens with one attached hydrogen (secondary N) is 1. The molecule has 0 aromatic carbocycles. The molecule has 154 valence electrons. The van der Waals surface area contributed by atoms with Gasteiger partial charge in [-0.3, -0.25) is 4.79 Å². The zero-order chi connectivity index (χ0) is 20.5. The van der Waals surface area contributed by atoms with E-state index in [0.29, 0.717) is 28.7 Å². The summed E-state index contributed by atoms with van der Waals surface area (Å²) in [4.78, 5) is 26.6. The molecule has 1 unspecified atom stereocenters. The number of aromatic nitrogens is 3. The molecule has 0 radical (unpaired) electrons. The van der Waals surface area contributed by atoms with Gasteiger partial charge in [0.25, 0.3) is 5.19 Å². The monoisotopic (exact) mass is 423 g/mol. The smallest absolute Gasteiger partial charge is 0.281 e. The molecule has 1 atom stereocenters. The lowest BCUT2D eigenvalue weighted by atomic mass is 10.2. The Balaban J connectivity index is 1.24. The van der Waals surface area contributed by atoms with Crippen molar-refractivity contribution in [2.45, 2.75) is 32.4 Å². The summed E-state index contributed by atoms with van der Waals surface area (Å²) in [5.74, 6) is 1.51. The van der Waals surface area contributed by atoms with Gasteiger partial charge in [-0.05, 0) is 25.0 Å². The van der Waals surface area contributed by atoms with Gasteiger partial charge in [-0.1, -0.05) is 11.3 Å². The summed E-state index contributed by atoms with van der Waals surface area (Å²) in [5.41, 5.74) is 2.11. The number of nitrogens with zero attached hydrogens (tertiary/aromatic N) is 4. The van der Waals surface area contributed by atoms with Crippen LogP contribution in [0.25, 0.3) is 21.4 Å². The predicted molar refractivity (Wildman–Crippen MR) is 114 cm³/mol. The average Bonchev–Trinajstić information content (AvgIpc) is 3.44. The number of ether oxygens (including phenoxy) is 1. The Morgan fingerprint density at radius 3 is 3.20 bits per heavy atom. The molecule has 9 heteroatoms. The normalized spacial score (nSPS) is 16.6. The molecule has 4 aromatic rings. The number of fused-ring (bicyclic) bond motifs is 2. The van der Waals surface area contributed by atoms with Gasteiger partial charge in [0.2, 0.25) is 5.91 Å². The first-order valence-electron chi connectivity index (χ1n) is 9.91. The lowest BCUT2D eigenvalue weighted by Gasteiger charge is -2.23. The lowest BCUT2D eigenvalue weighted by molar-refractivity contribution is -0.129. The van der Waals surface area contributed by atoms with E-state index in [1.54, 1.807) is 19.3 Å². The molecular formula is C21H21N5O3S. The van der Waals surface area contributed by atoms with Gasteiger partial charge in [0.15, 0.2) is 17.0 Å². The van der Waals surface area contributed by atoms with Gasteiger partial charge in [-0.15, -0.1) is 0 Å². The van der Waals surface area contributed by atoms with E-state index in [4.69, 9.17) is 9.15 Å². The van der Waals surface area contributed by atoms with Crippen LogP contribution < -0.4 is 10.1 Å². The second-order valence-corrected chi connectivity index (χ2v) is 8.31. The average molecular weight is 423 g/mol. The zero-order valence-electron chi connectivity index (χ0n) is 16.5. The number of carbonyl (C=O) groups excluding carboxylic acids is 1. The first-order valence-corrected chi connectivity index (χ1v) is 10.7. The maximum absolute atomic E-state index is 11.7. The second-order valence-electron chi connectivity index (χ2n) is 7.31. The van der Waals surface area contributed by atoms with Crippen LogP contribution in [0.1, 0.15) is 25.5 Å². The Morgan fingerprint density at radius 1 is 1.40 bits per heavy atom. The number of thiazole rings is 1. The van der Waals surface area contributed by atoms with Crippen molar-refractivity contribution >= 4 is 38.7 Å². The largest absolute Gasteiger partial charge is 0.458 e. The first kappa shape index (κ1) is 19.0. The van der Waals surface area contributed by atoms with Gasteiger partial charge in [0, 0.05) is 44.4 Å². The van der Waals surface area contributed by atoms with Gasteiger partial charge < -0.3 is 19.4 Å². The van der Waals surface area contributed by atoms with E-state index in [1.807, 2.05) is 29.2 Å². The molecule has 0 bridgehead atoms. The van der Waals surface area contributed by atoms with Crippen molar-refractivity contribution in [3.05, 3.63) is 42.4 Å². The van der Waals surface area contributed by atoms with Crippen molar-refractivity contribution in [3.8, 4) is 10.9 Å². The second kappa shape index (κ2) is 8.00. The van der Waals surface area contributed by atoms with Crippen molar-refractivity contribution in [1.82, 2.24) is 25.2 Å². The minimum Gasteiger partial charge on any atom is -0.458 e. The lowest BCUT2D eigenvalue weighted by Crippen LogP contribution is -2.40. The molecular weight excluding hydrogens is 402 g/mol. The maximum atomic E-state index is 11.7. The van der Waals surface area contributed by atoms with E-state index >= 15 is 0 Å². The van der Waals surface area contributed by atoms with Crippen molar-refractivity contribution in [3.63, 3.8) is 0 Å². The summed E-state index contributed by atoms with van der Waals surface area (Å²) in [6.45, 7) is 3.82. The molecule has 30 heavy (non-hydrogen) atoms. The molecule has 0 saturated carbocycles. The molecule has 5 heterocycles. The third kappa shape index (κ3) is 3.86.